The lowest BCUT2D eigenvalue weighted by molar-refractivity contribution is 0.0342. The molecular formula is C15H16BrNO3S. The third-order valence-corrected chi connectivity index (χ3v) is 7.77. The number of hydrogen-bond acceptors (Lipinski definition) is 3. The fraction of sp³-hybridized carbons (Fsp3) is 0.467. The highest BCUT2D eigenvalue weighted by Crippen LogP contribution is 2.56. The molecule has 2 bridgehead atoms. The summed E-state index contributed by atoms with van der Waals surface area (Å²) < 4.78 is 32.9. The molecule has 0 N–H and O–H groups in total. The Hall–Kier alpha value is -0.690. The number of aryl methyl sites for hydroxylation is 1. The van der Waals surface area contributed by atoms with Crippen molar-refractivity contribution in [3.8, 4) is 0 Å². The standard InChI is InChI=1S/C15H16BrNO3S/c1-11-2-4-13(5-3-11)21(18,19)17-9-14(16)8-12-6-7-15(14,10-17)20-12/h2-7,12H,8-10H2,1H3/t12-,14-,15-/m0/s1. The van der Waals surface area contributed by atoms with Crippen molar-refractivity contribution in [3.63, 3.8) is 0 Å². The molecule has 1 aromatic carbocycles. The van der Waals surface area contributed by atoms with Crippen LogP contribution < -0.4 is 0 Å². The molecule has 2 saturated heterocycles. The number of fused-ring (bicyclic) bond motifs is 1. The Kier molecular flexibility index (Phi) is 2.78. The van der Waals surface area contributed by atoms with Gasteiger partial charge in [0, 0.05) is 13.1 Å². The summed E-state index contributed by atoms with van der Waals surface area (Å²) in [7, 11) is -3.48. The predicted octanol–water partition coefficient (Wildman–Crippen LogP) is 2.23. The molecule has 0 aliphatic carbocycles. The molecule has 3 aliphatic heterocycles. The van der Waals surface area contributed by atoms with Gasteiger partial charge in [0.05, 0.1) is 15.3 Å². The average Bonchev–Trinajstić information content (AvgIpc) is 3.02. The predicted molar refractivity (Wildman–Crippen MR) is 83.0 cm³/mol. The van der Waals surface area contributed by atoms with E-state index in [2.05, 4.69) is 15.9 Å². The van der Waals surface area contributed by atoms with Crippen LogP contribution in [0.2, 0.25) is 0 Å². The third-order valence-electron chi connectivity index (χ3n) is 4.72. The molecule has 2 fully saturated rings. The van der Waals surface area contributed by atoms with Crippen LogP contribution in [0.25, 0.3) is 0 Å². The lowest BCUT2D eigenvalue weighted by Gasteiger charge is -2.29. The van der Waals surface area contributed by atoms with E-state index < -0.39 is 15.6 Å². The fourth-order valence-corrected chi connectivity index (χ4v) is 6.19. The molecule has 1 spiro atoms. The molecule has 4 rings (SSSR count). The van der Waals surface area contributed by atoms with Crippen molar-refractivity contribution in [3.05, 3.63) is 42.0 Å². The molecule has 6 heteroatoms. The van der Waals surface area contributed by atoms with Crippen LogP contribution >= 0.6 is 15.9 Å². The van der Waals surface area contributed by atoms with Crippen molar-refractivity contribution in [1.29, 1.82) is 0 Å². The second kappa shape index (κ2) is 4.19. The third kappa shape index (κ3) is 1.82. The molecule has 3 aliphatic rings. The summed E-state index contributed by atoms with van der Waals surface area (Å²) >= 11 is 3.76. The first-order valence-electron chi connectivity index (χ1n) is 6.98. The summed E-state index contributed by atoms with van der Waals surface area (Å²) in [6, 6.07) is 7.00. The zero-order valence-corrected chi connectivity index (χ0v) is 14.0. The van der Waals surface area contributed by atoms with Gasteiger partial charge in [0.25, 0.3) is 0 Å². The van der Waals surface area contributed by atoms with Gasteiger partial charge in [0.1, 0.15) is 5.60 Å². The molecular weight excluding hydrogens is 354 g/mol. The van der Waals surface area contributed by atoms with E-state index in [1.165, 1.54) is 4.31 Å². The number of rotatable bonds is 2. The van der Waals surface area contributed by atoms with Gasteiger partial charge in [-0.15, -0.1) is 0 Å². The molecule has 3 atom stereocenters. The van der Waals surface area contributed by atoms with Crippen molar-refractivity contribution in [2.75, 3.05) is 13.1 Å². The van der Waals surface area contributed by atoms with Crippen LogP contribution in [0.5, 0.6) is 0 Å². The van der Waals surface area contributed by atoms with Crippen molar-refractivity contribution < 1.29 is 13.2 Å². The van der Waals surface area contributed by atoms with E-state index in [0.29, 0.717) is 18.0 Å². The van der Waals surface area contributed by atoms with Gasteiger partial charge in [-0.1, -0.05) is 45.8 Å². The van der Waals surface area contributed by atoms with Gasteiger partial charge in [0.2, 0.25) is 10.0 Å². The maximum atomic E-state index is 12.8. The number of hydrogen-bond donors (Lipinski definition) is 0. The zero-order chi connectivity index (χ0) is 14.9. The van der Waals surface area contributed by atoms with E-state index in [1.807, 2.05) is 31.2 Å². The highest BCUT2D eigenvalue weighted by molar-refractivity contribution is 9.10. The van der Waals surface area contributed by atoms with Crippen LogP contribution in [-0.4, -0.2) is 41.8 Å². The smallest absolute Gasteiger partial charge is 0.243 e. The fourth-order valence-electron chi connectivity index (χ4n) is 3.52. The molecule has 0 unspecified atom stereocenters. The second-order valence-corrected chi connectivity index (χ2v) is 9.62. The second-order valence-electron chi connectivity index (χ2n) is 6.16. The van der Waals surface area contributed by atoms with Gasteiger partial charge in [0.15, 0.2) is 0 Å². The number of halogens is 1. The Balaban J connectivity index is 1.70. The van der Waals surface area contributed by atoms with Crippen LogP contribution in [0, 0.1) is 6.92 Å². The first-order valence-corrected chi connectivity index (χ1v) is 9.21. The van der Waals surface area contributed by atoms with E-state index in [9.17, 15) is 8.42 Å². The summed E-state index contributed by atoms with van der Waals surface area (Å²) in [5, 5.41) is 0. The average molecular weight is 370 g/mol. The summed E-state index contributed by atoms with van der Waals surface area (Å²) in [6.07, 6.45) is 5.01. The Morgan fingerprint density at radius 3 is 2.62 bits per heavy atom. The van der Waals surface area contributed by atoms with E-state index in [0.717, 1.165) is 12.0 Å². The highest BCUT2D eigenvalue weighted by Gasteiger charge is 2.66. The lowest BCUT2D eigenvalue weighted by atomic mass is 9.86. The number of alkyl halides is 1. The van der Waals surface area contributed by atoms with E-state index in [4.69, 9.17) is 4.74 Å². The molecule has 1 aromatic rings. The maximum Gasteiger partial charge on any atom is 0.243 e. The van der Waals surface area contributed by atoms with Crippen molar-refractivity contribution in [2.24, 2.45) is 0 Å². The zero-order valence-electron chi connectivity index (χ0n) is 11.6. The normalized spacial score (nSPS) is 38.1. The van der Waals surface area contributed by atoms with Crippen molar-refractivity contribution in [1.82, 2.24) is 4.31 Å². The Morgan fingerprint density at radius 2 is 2.00 bits per heavy atom. The monoisotopic (exact) mass is 369 g/mol. The number of benzene rings is 1. The summed E-state index contributed by atoms with van der Waals surface area (Å²) in [5.74, 6) is 0. The minimum atomic E-state index is -3.48. The van der Waals surface area contributed by atoms with Gasteiger partial charge < -0.3 is 4.74 Å². The van der Waals surface area contributed by atoms with E-state index in [1.54, 1.807) is 12.1 Å². The van der Waals surface area contributed by atoms with Crippen molar-refractivity contribution >= 4 is 26.0 Å². The summed E-state index contributed by atoms with van der Waals surface area (Å²) in [6.45, 7) is 2.77. The topological polar surface area (TPSA) is 46.6 Å². The Labute approximate surface area is 133 Å². The molecule has 4 nitrogen and oxygen atoms in total. The SMILES string of the molecule is Cc1ccc(S(=O)(=O)N2C[C@@]3(Br)C[C@@H]4C=C[C@@]3(C2)O4)cc1. The molecule has 0 radical (unpaired) electrons. The molecule has 0 saturated carbocycles. The number of nitrogens with zero attached hydrogens (tertiary/aromatic N) is 1. The Bertz CT molecular complexity index is 730. The molecule has 112 valence electrons. The van der Waals surface area contributed by atoms with Gasteiger partial charge in [-0.25, -0.2) is 8.42 Å². The van der Waals surface area contributed by atoms with Gasteiger partial charge >= 0.3 is 0 Å². The summed E-state index contributed by atoms with van der Waals surface area (Å²) in [4.78, 5) is 0.346. The molecule has 21 heavy (non-hydrogen) atoms. The molecule has 0 amide bonds. The Morgan fingerprint density at radius 1 is 1.29 bits per heavy atom. The minimum absolute atomic E-state index is 0.119. The quantitative estimate of drug-likeness (QED) is 0.593. The van der Waals surface area contributed by atoms with Crippen LogP contribution in [0.15, 0.2) is 41.3 Å². The molecule has 0 aromatic heterocycles. The van der Waals surface area contributed by atoms with Crippen LogP contribution in [0.1, 0.15) is 12.0 Å². The first kappa shape index (κ1) is 13.9. The first-order chi connectivity index (χ1) is 9.85. The minimum Gasteiger partial charge on any atom is -0.361 e. The largest absolute Gasteiger partial charge is 0.361 e. The van der Waals surface area contributed by atoms with Gasteiger partial charge in [-0.05, 0) is 25.5 Å². The van der Waals surface area contributed by atoms with Gasteiger partial charge in [-0.2, -0.15) is 4.31 Å². The van der Waals surface area contributed by atoms with Crippen LogP contribution in [-0.2, 0) is 14.8 Å². The number of sulfonamides is 1. The van der Waals surface area contributed by atoms with Gasteiger partial charge in [-0.3, -0.25) is 0 Å². The summed E-state index contributed by atoms with van der Waals surface area (Å²) in [5.41, 5.74) is 0.544. The lowest BCUT2D eigenvalue weighted by Crippen LogP contribution is -2.43. The van der Waals surface area contributed by atoms with Crippen LogP contribution in [0.4, 0.5) is 0 Å². The highest BCUT2D eigenvalue weighted by atomic mass is 79.9. The molecule has 3 heterocycles. The maximum absolute atomic E-state index is 12.8. The van der Waals surface area contributed by atoms with E-state index in [-0.39, 0.29) is 10.4 Å². The van der Waals surface area contributed by atoms with Crippen molar-refractivity contribution in [2.45, 2.75) is 34.3 Å². The van der Waals surface area contributed by atoms with Crippen LogP contribution in [0.3, 0.4) is 0 Å². The van der Waals surface area contributed by atoms with E-state index >= 15 is 0 Å². The number of ether oxygens (including phenoxy) is 1.